The molecule has 1 atom stereocenters. The zero-order valence-electron chi connectivity index (χ0n) is 18.5. The molecule has 0 radical (unpaired) electrons. The molecule has 0 bridgehead atoms. The Morgan fingerprint density at radius 1 is 1.03 bits per heavy atom. The summed E-state index contributed by atoms with van der Waals surface area (Å²) in [7, 11) is 4.11. The summed E-state index contributed by atoms with van der Waals surface area (Å²) in [5.74, 6) is 0.369. The summed E-state index contributed by atoms with van der Waals surface area (Å²) < 4.78 is 1.97. The van der Waals surface area contributed by atoms with Crippen LogP contribution in [0.15, 0.2) is 35.4 Å². The predicted octanol–water partition coefficient (Wildman–Crippen LogP) is 2.59. The molecule has 0 N–H and O–H groups in total. The Balaban J connectivity index is 1.32. The number of likely N-dealkylation sites (N-methyl/N-ethyl adjacent to an activating group) is 1. The molecule has 2 saturated heterocycles. The molecule has 5 rings (SSSR count). The first kappa shape index (κ1) is 21.1. The Labute approximate surface area is 191 Å². The van der Waals surface area contributed by atoms with Gasteiger partial charge in [0.25, 0.3) is 11.8 Å². The number of fused-ring (bicyclic) bond motifs is 1. The summed E-state index contributed by atoms with van der Waals surface area (Å²) in [4.78, 5) is 40.8. The van der Waals surface area contributed by atoms with E-state index in [0.29, 0.717) is 23.3 Å². The summed E-state index contributed by atoms with van der Waals surface area (Å²) in [6.07, 6.45) is 6.25. The van der Waals surface area contributed by atoms with E-state index in [0.717, 1.165) is 56.7 Å². The van der Waals surface area contributed by atoms with Crippen molar-refractivity contribution in [2.24, 2.45) is 0 Å². The molecule has 2 amide bonds. The van der Waals surface area contributed by atoms with Crippen LogP contribution in [0.1, 0.15) is 51.7 Å². The minimum atomic E-state index is -0.0438. The fraction of sp³-hybridized carbons (Fsp3) is 0.478. The van der Waals surface area contributed by atoms with Crippen molar-refractivity contribution in [3.8, 4) is 0 Å². The lowest BCUT2D eigenvalue weighted by Gasteiger charge is -2.32. The van der Waals surface area contributed by atoms with Gasteiger partial charge in [-0.1, -0.05) is 0 Å². The fourth-order valence-corrected chi connectivity index (χ4v) is 5.48. The van der Waals surface area contributed by atoms with Gasteiger partial charge in [-0.2, -0.15) is 11.3 Å². The highest BCUT2D eigenvalue weighted by Crippen LogP contribution is 2.30. The number of piperidine rings is 1. The smallest absolute Gasteiger partial charge is 0.276 e. The third kappa shape index (κ3) is 3.80. The topological polar surface area (TPSA) is 74.0 Å². The lowest BCUT2D eigenvalue weighted by atomic mass is 9.93. The molecule has 0 saturated carbocycles. The molecule has 0 spiro atoms. The van der Waals surface area contributed by atoms with E-state index in [1.54, 1.807) is 23.9 Å². The zero-order chi connectivity index (χ0) is 22.2. The quantitative estimate of drug-likeness (QED) is 0.608. The number of hydrogen-bond acceptors (Lipinski definition) is 6. The molecule has 168 valence electrons. The maximum Gasteiger partial charge on any atom is 0.276 e. The van der Waals surface area contributed by atoms with Crippen LogP contribution in [0.2, 0.25) is 0 Å². The second-order valence-corrected chi connectivity index (χ2v) is 9.67. The molecule has 0 aromatic carbocycles. The van der Waals surface area contributed by atoms with Gasteiger partial charge >= 0.3 is 0 Å². The van der Waals surface area contributed by atoms with Crippen LogP contribution >= 0.6 is 11.3 Å². The average molecular weight is 453 g/mol. The van der Waals surface area contributed by atoms with Crippen LogP contribution in [0.4, 0.5) is 0 Å². The molecule has 0 unspecified atom stereocenters. The molecule has 8 nitrogen and oxygen atoms in total. The second-order valence-electron chi connectivity index (χ2n) is 8.89. The first-order valence-electron chi connectivity index (χ1n) is 11.1. The van der Waals surface area contributed by atoms with E-state index in [4.69, 9.17) is 0 Å². The summed E-state index contributed by atoms with van der Waals surface area (Å²) in [6, 6.07) is 4.29. The fourth-order valence-electron chi connectivity index (χ4n) is 4.85. The summed E-state index contributed by atoms with van der Waals surface area (Å²) in [5.41, 5.74) is 2.93. The minimum absolute atomic E-state index is 0.0438. The molecule has 2 fully saturated rings. The van der Waals surface area contributed by atoms with Crippen LogP contribution in [0, 0.1) is 0 Å². The molecule has 3 aromatic heterocycles. The Morgan fingerprint density at radius 3 is 2.50 bits per heavy atom. The van der Waals surface area contributed by atoms with E-state index in [9.17, 15) is 9.59 Å². The number of amides is 2. The van der Waals surface area contributed by atoms with Crippen LogP contribution in [-0.4, -0.2) is 87.2 Å². The highest BCUT2D eigenvalue weighted by molar-refractivity contribution is 7.08. The Bertz CT molecular complexity index is 1120. The van der Waals surface area contributed by atoms with E-state index in [1.807, 2.05) is 37.1 Å². The summed E-state index contributed by atoms with van der Waals surface area (Å²) in [6.45, 7) is 2.92. The van der Waals surface area contributed by atoms with Gasteiger partial charge in [-0.05, 0) is 50.9 Å². The lowest BCUT2D eigenvalue weighted by molar-refractivity contribution is 0.0711. The van der Waals surface area contributed by atoms with Crippen molar-refractivity contribution >= 4 is 28.8 Å². The molecule has 2 aliphatic rings. The van der Waals surface area contributed by atoms with Gasteiger partial charge in [-0.25, -0.2) is 9.97 Å². The first-order valence-corrected chi connectivity index (χ1v) is 12.1. The highest BCUT2D eigenvalue weighted by Gasteiger charge is 2.31. The van der Waals surface area contributed by atoms with Crippen molar-refractivity contribution < 1.29 is 9.59 Å². The SMILES string of the molecule is CN(C)[C@H]1CCN(C(=O)c2ncn3c(C4CCN(C(=O)c5ccsc5)CC4)ccnc23)C1. The number of thiophene rings is 1. The number of carbonyl (C=O) groups excluding carboxylic acids is 2. The van der Waals surface area contributed by atoms with E-state index >= 15 is 0 Å². The minimum Gasteiger partial charge on any atom is -0.339 e. The van der Waals surface area contributed by atoms with Crippen molar-refractivity contribution in [3.63, 3.8) is 0 Å². The summed E-state index contributed by atoms with van der Waals surface area (Å²) in [5, 5.41) is 3.85. The highest BCUT2D eigenvalue weighted by atomic mass is 32.1. The van der Waals surface area contributed by atoms with Crippen molar-refractivity contribution in [1.29, 1.82) is 0 Å². The second kappa shape index (κ2) is 8.63. The maximum absolute atomic E-state index is 13.2. The molecular weight excluding hydrogens is 424 g/mol. The third-order valence-electron chi connectivity index (χ3n) is 6.81. The predicted molar refractivity (Wildman–Crippen MR) is 123 cm³/mol. The number of nitrogens with zero attached hydrogens (tertiary/aromatic N) is 6. The van der Waals surface area contributed by atoms with Crippen molar-refractivity contribution in [1.82, 2.24) is 29.1 Å². The molecule has 5 heterocycles. The van der Waals surface area contributed by atoms with E-state index in [-0.39, 0.29) is 11.8 Å². The number of hydrogen-bond donors (Lipinski definition) is 0. The Kier molecular flexibility index (Phi) is 5.69. The number of imidazole rings is 1. The van der Waals surface area contributed by atoms with Gasteiger partial charge in [0.05, 0.1) is 5.56 Å². The van der Waals surface area contributed by atoms with Gasteiger partial charge < -0.3 is 14.7 Å². The summed E-state index contributed by atoms with van der Waals surface area (Å²) >= 11 is 1.55. The Morgan fingerprint density at radius 2 is 1.81 bits per heavy atom. The lowest BCUT2D eigenvalue weighted by Crippen LogP contribution is -2.38. The number of likely N-dealkylation sites (tertiary alicyclic amines) is 2. The molecule has 32 heavy (non-hydrogen) atoms. The van der Waals surface area contributed by atoms with Crippen LogP contribution in [-0.2, 0) is 0 Å². The molecule has 0 aliphatic carbocycles. The van der Waals surface area contributed by atoms with Crippen LogP contribution in [0.5, 0.6) is 0 Å². The maximum atomic E-state index is 13.2. The standard InChI is InChI=1S/C23H28N6O2S/c1-26(2)18-6-11-28(13-18)23(31)20-21-24-8-3-19(29(21)15-25-20)16-4-9-27(10-5-16)22(30)17-7-12-32-14-17/h3,7-8,12,14-16,18H,4-6,9-11,13H2,1-2H3/t18-/m0/s1. The number of rotatable bonds is 4. The largest absolute Gasteiger partial charge is 0.339 e. The van der Waals surface area contributed by atoms with E-state index in [2.05, 4.69) is 29.0 Å². The zero-order valence-corrected chi connectivity index (χ0v) is 19.3. The van der Waals surface area contributed by atoms with Gasteiger partial charge in [0, 0.05) is 55.4 Å². The molecule has 9 heteroatoms. The van der Waals surface area contributed by atoms with Gasteiger partial charge in [0.15, 0.2) is 11.3 Å². The Hall–Kier alpha value is -2.78. The molecule has 2 aliphatic heterocycles. The van der Waals surface area contributed by atoms with Crippen LogP contribution in [0.25, 0.3) is 5.65 Å². The number of carbonyl (C=O) groups is 2. The van der Waals surface area contributed by atoms with Gasteiger partial charge in [-0.15, -0.1) is 0 Å². The van der Waals surface area contributed by atoms with Gasteiger partial charge in [0.2, 0.25) is 0 Å². The normalized spacial score (nSPS) is 19.9. The average Bonchev–Trinajstić information content (AvgIpc) is 3.58. The molecular formula is C23H28N6O2S. The third-order valence-corrected chi connectivity index (χ3v) is 7.50. The van der Waals surface area contributed by atoms with Gasteiger partial charge in [0.1, 0.15) is 6.33 Å². The van der Waals surface area contributed by atoms with Crippen molar-refractivity contribution in [2.75, 3.05) is 40.3 Å². The van der Waals surface area contributed by atoms with Crippen LogP contribution < -0.4 is 0 Å². The molecule has 3 aromatic rings. The number of aromatic nitrogens is 3. The van der Waals surface area contributed by atoms with Crippen molar-refractivity contribution in [3.05, 3.63) is 52.4 Å². The van der Waals surface area contributed by atoms with Gasteiger partial charge in [-0.3, -0.25) is 14.0 Å². The first-order chi connectivity index (χ1) is 15.5. The van der Waals surface area contributed by atoms with Crippen molar-refractivity contribution in [2.45, 2.75) is 31.2 Å². The van der Waals surface area contributed by atoms with Crippen LogP contribution in [0.3, 0.4) is 0 Å². The monoisotopic (exact) mass is 452 g/mol. The van der Waals surface area contributed by atoms with E-state index in [1.165, 1.54) is 0 Å². The van der Waals surface area contributed by atoms with E-state index < -0.39 is 0 Å².